The van der Waals surface area contributed by atoms with Gasteiger partial charge in [0.15, 0.2) is 0 Å². The molecule has 0 bridgehead atoms. The number of hydrogen-bond acceptors (Lipinski definition) is 3. The molecule has 4 nitrogen and oxygen atoms in total. The van der Waals surface area contributed by atoms with Crippen LogP contribution in [0.25, 0.3) is 0 Å². The molecule has 0 saturated carbocycles. The van der Waals surface area contributed by atoms with E-state index in [1.807, 2.05) is 0 Å². The minimum absolute atomic E-state index is 0.180. The van der Waals surface area contributed by atoms with Crippen molar-refractivity contribution in [2.75, 3.05) is 4.90 Å². The van der Waals surface area contributed by atoms with E-state index in [2.05, 4.69) is 20.9 Å². The Morgan fingerprint density at radius 3 is 2.43 bits per heavy atom. The highest BCUT2D eigenvalue weighted by atomic mass is 79.9. The molecule has 0 radical (unpaired) electrons. The SMILES string of the molecule is O=C1CCC(=O)N1c1cccc(Br)n1. The maximum Gasteiger partial charge on any atom is 0.235 e. The summed E-state index contributed by atoms with van der Waals surface area (Å²) < 4.78 is 0.613. The van der Waals surface area contributed by atoms with E-state index in [1.54, 1.807) is 18.2 Å². The summed E-state index contributed by atoms with van der Waals surface area (Å²) in [6, 6.07) is 5.13. The van der Waals surface area contributed by atoms with Gasteiger partial charge in [-0.05, 0) is 28.1 Å². The molecule has 2 rings (SSSR count). The van der Waals surface area contributed by atoms with Crippen LogP contribution >= 0.6 is 15.9 Å². The number of carbonyl (C=O) groups excluding carboxylic acids is 2. The van der Waals surface area contributed by atoms with Crippen molar-refractivity contribution in [3.05, 3.63) is 22.8 Å². The molecule has 2 heterocycles. The quantitative estimate of drug-likeness (QED) is 0.564. The molecule has 0 N–H and O–H groups in total. The van der Waals surface area contributed by atoms with Gasteiger partial charge in [0.2, 0.25) is 11.8 Å². The van der Waals surface area contributed by atoms with E-state index in [0.717, 1.165) is 4.90 Å². The Morgan fingerprint density at radius 2 is 1.86 bits per heavy atom. The van der Waals surface area contributed by atoms with Gasteiger partial charge < -0.3 is 0 Å². The second kappa shape index (κ2) is 3.49. The monoisotopic (exact) mass is 254 g/mol. The third-order valence-corrected chi connectivity index (χ3v) is 2.42. The van der Waals surface area contributed by atoms with Crippen LogP contribution < -0.4 is 4.90 Å². The topological polar surface area (TPSA) is 50.3 Å². The lowest BCUT2D eigenvalue weighted by atomic mass is 10.4. The zero-order valence-corrected chi connectivity index (χ0v) is 8.82. The van der Waals surface area contributed by atoms with Gasteiger partial charge in [0.05, 0.1) is 0 Å². The van der Waals surface area contributed by atoms with Gasteiger partial charge in [0, 0.05) is 12.8 Å². The standard InChI is InChI=1S/C9H7BrN2O2/c10-6-2-1-3-7(11-6)12-8(13)4-5-9(12)14/h1-3H,4-5H2. The highest BCUT2D eigenvalue weighted by Crippen LogP contribution is 2.21. The molecule has 0 atom stereocenters. The Kier molecular flexibility index (Phi) is 2.33. The Balaban J connectivity index is 2.39. The zero-order chi connectivity index (χ0) is 10.1. The molecule has 0 unspecified atom stereocenters. The van der Waals surface area contributed by atoms with Gasteiger partial charge in [-0.15, -0.1) is 0 Å². The molecule has 1 aromatic heterocycles. The van der Waals surface area contributed by atoms with Gasteiger partial charge in [0.25, 0.3) is 0 Å². The van der Waals surface area contributed by atoms with Gasteiger partial charge in [-0.3, -0.25) is 9.59 Å². The summed E-state index contributed by atoms with van der Waals surface area (Å²) in [5.74, 6) is 0.0353. The molecule has 1 fully saturated rings. The number of carbonyl (C=O) groups is 2. The molecule has 1 aliphatic rings. The van der Waals surface area contributed by atoms with E-state index in [0.29, 0.717) is 10.4 Å². The van der Waals surface area contributed by atoms with Crippen molar-refractivity contribution in [3.63, 3.8) is 0 Å². The fraction of sp³-hybridized carbons (Fsp3) is 0.222. The number of rotatable bonds is 1. The first kappa shape index (κ1) is 9.33. The van der Waals surface area contributed by atoms with Gasteiger partial charge in [-0.1, -0.05) is 6.07 Å². The Hall–Kier alpha value is -1.23. The minimum Gasteiger partial charge on any atom is -0.274 e. The number of nitrogens with zero attached hydrogens (tertiary/aromatic N) is 2. The average Bonchev–Trinajstić information content (AvgIpc) is 2.46. The number of halogens is 1. The Morgan fingerprint density at radius 1 is 1.21 bits per heavy atom. The van der Waals surface area contributed by atoms with E-state index in [-0.39, 0.29) is 24.7 Å². The smallest absolute Gasteiger partial charge is 0.235 e. The first-order valence-corrected chi connectivity index (χ1v) is 4.96. The van der Waals surface area contributed by atoms with E-state index in [9.17, 15) is 9.59 Å². The lowest BCUT2D eigenvalue weighted by Gasteiger charge is -2.11. The van der Waals surface area contributed by atoms with E-state index < -0.39 is 0 Å². The number of anilines is 1. The van der Waals surface area contributed by atoms with Gasteiger partial charge in [0.1, 0.15) is 10.4 Å². The summed E-state index contributed by atoms with van der Waals surface area (Å²) in [4.78, 5) is 27.9. The van der Waals surface area contributed by atoms with Crippen LogP contribution in [-0.4, -0.2) is 16.8 Å². The van der Waals surface area contributed by atoms with Crippen molar-refractivity contribution >= 4 is 33.6 Å². The summed E-state index contributed by atoms with van der Waals surface area (Å²) in [5, 5.41) is 0. The molecule has 5 heteroatoms. The highest BCUT2D eigenvalue weighted by molar-refractivity contribution is 9.10. The van der Waals surface area contributed by atoms with Crippen LogP contribution in [0.15, 0.2) is 22.8 Å². The molecule has 1 aromatic rings. The third kappa shape index (κ3) is 1.55. The largest absolute Gasteiger partial charge is 0.274 e. The number of amides is 2. The molecule has 2 amide bonds. The molecule has 72 valence electrons. The van der Waals surface area contributed by atoms with E-state index in [1.165, 1.54) is 0 Å². The van der Waals surface area contributed by atoms with Gasteiger partial charge in [-0.25, -0.2) is 9.88 Å². The summed E-state index contributed by atoms with van der Waals surface area (Å²) in [7, 11) is 0. The third-order valence-electron chi connectivity index (χ3n) is 1.98. The summed E-state index contributed by atoms with van der Waals surface area (Å²) in [5.41, 5.74) is 0. The summed E-state index contributed by atoms with van der Waals surface area (Å²) in [6.07, 6.45) is 0.569. The number of hydrogen-bond donors (Lipinski definition) is 0. The lowest BCUT2D eigenvalue weighted by molar-refractivity contribution is -0.121. The maximum absolute atomic E-state index is 11.3. The van der Waals surface area contributed by atoms with Crippen molar-refractivity contribution in [3.8, 4) is 0 Å². The van der Waals surface area contributed by atoms with Crippen molar-refractivity contribution in [2.24, 2.45) is 0 Å². The Labute approximate surface area is 89.1 Å². The fourth-order valence-electron chi connectivity index (χ4n) is 1.35. The molecular weight excluding hydrogens is 248 g/mol. The second-order valence-electron chi connectivity index (χ2n) is 2.94. The molecule has 0 aliphatic carbocycles. The first-order valence-electron chi connectivity index (χ1n) is 4.17. The zero-order valence-electron chi connectivity index (χ0n) is 7.24. The lowest BCUT2D eigenvalue weighted by Crippen LogP contribution is -2.29. The van der Waals surface area contributed by atoms with Gasteiger partial charge >= 0.3 is 0 Å². The number of imide groups is 1. The van der Waals surface area contributed by atoms with Crippen molar-refractivity contribution in [1.29, 1.82) is 0 Å². The molecule has 14 heavy (non-hydrogen) atoms. The molecule has 1 aliphatic heterocycles. The van der Waals surface area contributed by atoms with Crippen LogP contribution in [0.5, 0.6) is 0 Å². The molecule has 0 aromatic carbocycles. The Bertz CT molecular complexity index is 390. The fourth-order valence-corrected chi connectivity index (χ4v) is 1.69. The van der Waals surface area contributed by atoms with E-state index in [4.69, 9.17) is 0 Å². The van der Waals surface area contributed by atoms with E-state index >= 15 is 0 Å². The molecule has 0 spiro atoms. The summed E-state index contributed by atoms with van der Waals surface area (Å²) >= 11 is 3.19. The van der Waals surface area contributed by atoms with Crippen molar-refractivity contribution < 1.29 is 9.59 Å². The van der Waals surface area contributed by atoms with Crippen LogP contribution in [-0.2, 0) is 9.59 Å². The molecule has 1 saturated heterocycles. The maximum atomic E-state index is 11.3. The highest BCUT2D eigenvalue weighted by Gasteiger charge is 2.31. The first-order chi connectivity index (χ1) is 6.68. The minimum atomic E-state index is -0.180. The normalized spacial score (nSPS) is 16.5. The number of pyridine rings is 1. The summed E-state index contributed by atoms with van der Waals surface area (Å²) in [6.45, 7) is 0. The molecular formula is C9H7BrN2O2. The van der Waals surface area contributed by atoms with Gasteiger partial charge in [-0.2, -0.15) is 0 Å². The van der Waals surface area contributed by atoms with Crippen molar-refractivity contribution in [1.82, 2.24) is 4.98 Å². The van der Waals surface area contributed by atoms with Crippen LogP contribution in [0.4, 0.5) is 5.82 Å². The van der Waals surface area contributed by atoms with Crippen LogP contribution in [0.3, 0.4) is 0 Å². The predicted molar refractivity (Wildman–Crippen MR) is 53.7 cm³/mol. The number of aromatic nitrogens is 1. The predicted octanol–water partition coefficient (Wildman–Crippen LogP) is 1.50. The van der Waals surface area contributed by atoms with Crippen molar-refractivity contribution in [2.45, 2.75) is 12.8 Å². The second-order valence-corrected chi connectivity index (χ2v) is 3.75. The average molecular weight is 255 g/mol. The van der Waals surface area contributed by atoms with Crippen LogP contribution in [0, 0.1) is 0 Å². The van der Waals surface area contributed by atoms with Crippen LogP contribution in [0.2, 0.25) is 0 Å². The van der Waals surface area contributed by atoms with Crippen LogP contribution in [0.1, 0.15) is 12.8 Å².